The molecule has 154 valence electrons. The Balaban J connectivity index is 1.48. The third-order valence-electron chi connectivity index (χ3n) is 6.05. The zero-order valence-corrected chi connectivity index (χ0v) is 17.4. The van der Waals surface area contributed by atoms with E-state index >= 15 is 0 Å². The first-order valence-electron chi connectivity index (χ1n) is 9.89. The van der Waals surface area contributed by atoms with Crippen LogP contribution in [0.4, 0.5) is 0 Å². The van der Waals surface area contributed by atoms with Crippen LogP contribution in [0.1, 0.15) is 37.0 Å². The quantitative estimate of drug-likeness (QED) is 0.448. The number of rotatable bonds is 5. The van der Waals surface area contributed by atoms with Gasteiger partial charge in [0.2, 0.25) is 0 Å². The summed E-state index contributed by atoms with van der Waals surface area (Å²) in [5.41, 5.74) is -1.38. The molecule has 0 amide bonds. The predicted molar refractivity (Wildman–Crippen MR) is 111 cm³/mol. The average Bonchev–Trinajstić information content (AvgIpc) is 2.74. The lowest BCUT2D eigenvalue weighted by Crippen LogP contribution is -2.64. The molecule has 2 fully saturated rings. The van der Waals surface area contributed by atoms with E-state index in [1.165, 1.54) is 0 Å². The number of thioether (sulfide) groups is 1. The van der Waals surface area contributed by atoms with Gasteiger partial charge in [0.1, 0.15) is 23.4 Å². The van der Waals surface area contributed by atoms with Crippen LogP contribution in [-0.2, 0) is 14.5 Å². The van der Waals surface area contributed by atoms with Gasteiger partial charge in [0.15, 0.2) is 0 Å². The van der Waals surface area contributed by atoms with Crippen molar-refractivity contribution in [2.24, 2.45) is 5.92 Å². The van der Waals surface area contributed by atoms with Crippen LogP contribution >= 0.6 is 11.8 Å². The Bertz CT molecular complexity index is 841. The zero-order chi connectivity index (χ0) is 20.5. The van der Waals surface area contributed by atoms with Gasteiger partial charge in [0, 0.05) is 10.6 Å². The smallest absolute Gasteiger partial charge is 0.338 e. The van der Waals surface area contributed by atoms with E-state index in [1.807, 2.05) is 31.2 Å². The molecule has 0 spiro atoms. The van der Waals surface area contributed by atoms with E-state index in [1.54, 1.807) is 43.0 Å². The van der Waals surface area contributed by atoms with E-state index in [-0.39, 0.29) is 5.92 Å². The molecule has 1 N–H and O–H groups in total. The van der Waals surface area contributed by atoms with Crippen molar-refractivity contribution in [3.05, 3.63) is 66.2 Å². The van der Waals surface area contributed by atoms with Gasteiger partial charge >= 0.3 is 5.97 Å². The summed E-state index contributed by atoms with van der Waals surface area (Å²) in [6.07, 6.45) is -0.0104. The number of hydrogen-bond donors (Lipinski definition) is 1. The Morgan fingerprint density at radius 2 is 1.76 bits per heavy atom. The molecule has 0 unspecified atom stereocenters. The highest BCUT2D eigenvalue weighted by Crippen LogP contribution is 2.47. The first-order valence-corrected chi connectivity index (χ1v) is 10.9. The standard InChI is InChI=1S/C23H26O5S/c1-22(15-29-18-11-7-4-8-12-18)17-13-19(23(2,25)20(14-17)27-28-22)26-21(24)16-9-5-3-6-10-16/h3-12,17,19-20,25H,13-15H2,1-2H3/t17-,19-,20-,22-,23-/m1/s1. The number of carbonyl (C=O) groups is 1. The second kappa shape index (κ2) is 8.11. The van der Waals surface area contributed by atoms with Crippen LogP contribution < -0.4 is 0 Å². The molecule has 1 aliphatic carbocycles. The maximum atomic E-state index is 12.6. The van der Waals surface area contributed by atoms with Gasteiger partial charge < -0.3 is 9.84 Å². The second-order valence-electron chi connectivity index (χ2n) is 8.24. The molecule has 5 nitrogen and oxygen atoms in total. The van der Waals surface area contributed by atoms with E-state index < -0.39 is 29.4 Å². The van der Waals surface area contributed by atoms with E-state index in [0.29, 0.717) is 24.2 Å². The first-order chi connectivity index (χ1) is 13.9. The maximum Gasteiger partial charge on any atom is 0.338 e. The summed E-state index contributed by atoms with van der Waals surface area (Å²) in [5.74, 6) is 0.374. The lowest BCUT2D eigenvalue weighted by molar-refractivity contribution is -0.448. The van der Waals surface area contributed by atoms with Crippen molar-refractivity contribution in [3.8, 4) is 0 Å². The third kappa shape index (κ3) is 4.21. The number of hydrogen-bond acceptors (Lipinski definition) is 6. The minimum atomic E-state index is -1.31. The molecule has 2 aliphatic rings. The lowest BCUT2D eigenvalue weighted by Gasteiger charge is -2.53. The Labute approximate surface area is 175 Å². The molecule has 4 rings (SSSR count). The van der Waals surface area contributed by atoms with Crippen LogP contribution in [0.3, 0.4) is 0 Å². The van der Waals surface area contributed by atoms with Crippen molar-refractivity contribution in [2.75, 3.05) is 5.75 Å². The fraction of sp³-hybridized carbons (Fsp3) is 0.435. The molecule has 1 saturated heterocycles. The SMILES string of the molecule is C[C@]1(O)[C@H]2C[C@@H](C[C@H]1OC(=O)c1ccccc1)[C@@](C)(CSc1ccccc1)OO2. The number of fused-ring (bicyclic) bond motifs is 2. The molecule has 0 radical (unpaired) electrons. The van der Waals surface area contributed by atoms with Crippen LogP contribution in [0, 0.1) is 5.92 Å². The highest BCUT2D eigenvalue weighted by atomic mass is 32.2. The summed E-state index contributed by atoms with van der Waals surface area (Å²) in [4.78, 5) is 25.2. The number of esters is 1. The van der Waals surface area contributed by atoms with Gasteiger partial charge in [0.25, 0.3) is 0 Å². The van der Waals surface area contributed by atoms with Gasteiger partial charge in [-0.1, -0.05) is 36.4 Å². The number of benzene rings is 2. The fourth-order valence-electron chi connectivity index (χ4n) is 3.99. The van der Waals surface area contributed by atoms with Crippen molar-refractivity contribution in [3.63, 3.8) is 0 Å². The molecule has 2 aromatic carbocycles. The first kappa shape index (κ1) is 20.4. The van der Waals surface area contributed by atoms with Crippen molar-refractivity contribution < 1.29 is 24.4 Å². The summed E-state index contributed by atoms with van der Waals surface area (Å²) in [7, 11) is 0. The Morgan fingerprint density at radius 3 is 2.45 bits per heavy atom. The number of ether oxygens (including phenoxy) is 1. The summed E-state index contributed by atoms with van der Waals surface area (Å²) in [6, 6.07) is 19.0. The predicted octanol–water partition coefficient (Wildman–Crippen LogP) is 4.25. The molecule has 29 heavy (non-hydrogen) atoms. The Hall–Kier alpha value is -1.86. The van der Waals surface area contributed by atoms with E-state index in [2.05, 4.69) is 12.1 Å². The number of aliphatic hydroxyl groups is 1. The minimum Gasteiger partial charge on any atom is -0.456 e. The molecular weight excluding hydrogens is 388 g/mol. The summed E-state index contributed by atoms with van der Waals surface area (Å²) in [6.45, 7) is 3.68. The minimum absolute atomic E-state index is 0.103. The van der Waals surface area contributed by atoms with Gasteiger partial charge in [-0.15, -0.1) is 11.8 Å². The van der Waals surface area contributed by atoms with Gasteiger partial charge in [-0.2, -0.15) is 0 Å². The molecule has 1 aliphatic heterocycles. The maximum absolute atomic E-state index is 12.6. The van der Waals surface area contributed by atoms with Crippen LogP contribution in [-0.4, -0.2) is 40.2 Å². The topological polar surface area (TPSA) is 65.0 Å². The zero-order valence-electron chi connectivity index (χ0n) is 16.6. The normalized spacial score (nSPS) is 33.8. The van der Waals surface area contributed by atoms with Crippen molar-refractivity contribution >= 4 is 17.7 Å². The molecular formula is C23H26O5S. The third-order valence-corrected chi connectivity index (χ3v) is 7.37. The second-order valence-corrected chi connectivity index (χ2v) is 9.29. The lowest BCUT2D eigenvalue weighted by atomic mass is 9.69. The van der Waals surface area contributed by atoms with Crippen LogP contribution in [0.25, 0.3) is 0 Å². The molecule has 5 atom stereocenters. The highest BCUT2D eigenvalue weighted by molar-refractivity contribution is 7.99. The summed E-state index contributed by atoms with van der Waals surface area (Å²) in [5, 5.41) is 11.0. The van der Waals surface area contributed by atoms with Crippen molar-refractivity contribution in [1.29, 1.82) is 0 Å². The Morgan fingerprint density at radius 1 is 1.10 bits per heavy atom. The van der Waals surface area contributed by atoms with Gasteiger partial charge in [-0.05, 0) is 56.9 Å². The van der Waals surface area contributed by atoms with Crippen LogP contribution in [0.15, 0.2) is 65.6 Å². The highest BCUT2D eigenvalue weighted by Gasteiger charge is 2.57. The summed E-state index contributed by atoms with van der Waals surface area (Å²) < 4.78 is 5.75. The van der Waals surface area contributed by atoms with Gasteiger partial charge in [0.05, 0.1) is 5.56 Å². The van der Waals surface area contributed by atoms with Crippen LogP contribution in [0.5, 0.6) is 0 Å². The summed E-state index contributed by atoms with van der Waals surface area (Å²) >= 11 is 1.71. The molecule has 1 heterocycles. The van der Waals surface area contributed by atoms with Crippen molar-refractivity contribution in [2.45, 2.75) is 55.0 Å². The van der Waals surface area contributed by atoms with E-state index in [0.717, 1.165) is 4.90 Å². The van der Waals surface area contributed by atoms with E-state index in [9.17, 15) is 9.90 Å². The van der Waals surface area contributed by atoms with Gasteiger partial charge in [-0.25, -0.2) is 14.6 Å². The average molecular weight is 415 g/mol. The molecule has 6 heteroatoms. The molecule has 1 saturated carbocycles. The molecule has 2 aromatic rings. The van der Waals surface area contributed by atoms with Crippen LogP contribution in [0.2, 0.25) is 0 Å². The molecule has 2 bridgehead atoms. The Kier molecular flexibility index (Phi) is 5.71. The number of carbonyl (C=O) groups excluding carboxylic acids is 1. The van der Waals surface area contributed by atoms with Crippen molar-refractivity contribution in [1.82, 2.24) is 0 Å². The molecule has 0 aromatic heterocycles. The van der Waals surface area contributed by atoms with E-state index in [4.69, 9.17) is 14.5 Å². The van der Waals surface area contributed by atoms with Gasteiger partial charge in [-0.3, -0.25) is 0 Å². The monoisotopic (exact) mass is 414 g/mol. The largest absolute Gasteiger partial charge is 0.456 e. The fourth-order valence-corrected chi connectivity index (χ4v) is 5.08.